The van der Waals surface area contributed by atoms with Gasteiger partial charge in [-0.25, -0.2) is 0 Å². The SMILES string of the molecule is CN(CCO)CC(=O)NC(=O)c1ccccc1Br. The fraction of sp³-hybridized carbons (Fsp3) is 0.333. The number of amides is 2. The van der Waals surface area contributed by atoms with Crippen LogP contribution in [0.3, 0.4) is 0 Å². The molecule has 0 heterocycles. The quantitative estimate of drug-likeness (QED) is 0.836. The van der Waals surface area contributed by atoms with Gasteiger partial charge >= 0.3 is 0 Å². The Morgan fingerprint density at radius 3 is 2.67 bits per heavy atom. The van der Waals surface area contributed by atoms with Gasteiger partial charge in [0.25, 0.3) is 5.91 Å². The summed E-state index contributed by atoms with van der Waals surface area (Å²) in [5, 5.41) is 11.0. The molecule has 1 rings (SSSR count). The summed E-state index contributed by atoms with van der Waals surface area (Å²) in [6, 6.07) is 6.88. The van der Waals surface area contributed by atoms with Crippen LogP contribution in [0.1, 0.15) is 10.4 Å². The fourth-order valence-corrected chi connectivity index (χ4v) is 1.84. The van der Waals surface area contributed by atoms with Gasteiger partial charge in [0.1, 0.15) is 0 Å². The Hall–Kier alpha value is -1.24. The molecule has 0 aliphatic heterocycles. The van der Waals surface area contributed by atoms with E-state index in [4.69, 9.17) is 5.11 Å². The van der Waals surface area contributed by atoms with Crippen LogP contribution in [-0.2, 0) is 4.79 Å². The number of benzene rings is 1. The third-order valence-electron chi connectivity index (χ3n) is 2.27. The largest absolute Gasteiger partial charge is 0.395 e. The van der Waals surface area contributed by atoms with Gasteiger partial charge in [-0.3, -0.25) is 19.8 Å². The number of nitrogens with one attached hydrogen (secondary N) is 1. The maximum Gasteiger partial charge on any atom is 0.259 e. The van der Waals surface area contributed by atoms with Gasteiger partial charge in [0.05, 0.1) is 18.7 Å². The Balaban J connectivity index is 2.55. The number of hydrogen-bond donors (Lipinski definition) is 2. The molecule has 0 bridgehead atoms. The minimum atomic E-state index is -0.440. The van der Waals surface area contributed by atoms with E-state index in [-0.39, 0.29) is 13.2 Å². The minimum absolute atomic E-state index is 0.0258. The summed E-state index contributed by atoms with van der Waals surface area (Å²) in [5.74, 6) is -0.837. The van der Waals surface area contributed by atoms with Gasteiger partial charge in [-0.15, -0.1) is 0 Å². The highest BCUT2D eigenvalue weighted by atomic mass is 79.9. The molecular formula is C12H15BrN2O3. The van der Waals surface area contributed by atoms with Gasteiger partial charge in [0.2, 0.25) is 5.91 Å². The first-order valence-corrected chi connectivity index (χ1v) is 6.22. The first-order valence-electron chi connectivity index (χ1n) is 5.42. The second-order valence-electron chi connectivity index (χ2n) is 3.82. The van der Waals surface area contributed by atoms with Crippen LogP contribution in [0.5, 0.6) is 0 Å². The first kappa shape index (κ1) is 14.8. The van der Waals surface area contributed by atoms with Gasteiger partial charge < -0.3 is 5.11 Å². The van der Waals surface area contributed by atoms with Crippen molar-refractivity contribution < 1.29 is 14.7 Å². The number of carbonyl (C=O) groups excluding carboxylic acids is 2. The zero-order valence-corrected chi connectivity index (χ0v) is 11.6. The second kappa shape index (κ2) is 7.25. The van der Waals surface area contributed by atoms with E-state index >= 15 is 0 Å². The van der Waals surface area contributed by atoms with Crippen LogP contribution in [0.2, 0.25) is 0 Å². The molecule has 0 spiro atoms. The van der Waals surface area contributed by atoms with Crippen LogP contribution in [0.15, 0.2) is 28.7 Å². The second-order valence-corrected chi connectivity index (χ2v) is 4.67. The van der Waals surface area contributed by atoms with E-state index in [1.807, 2.05) is 0 Å². The average Bonchev–Trinajstić information content (AvgIpc) is 2.29. The van der Waals surface area contributed by atoms with E-state index in [2.05, 4.69) is 21.2 Å². The highest BCUT2D eigenvalue weighted by Gasteiger charge is 2.13. The van der Waals surface area contributed by atoms with E-state index in [1.165, 1.54) is 0 Å². The van der Waals surface area contributed by atoms with Crippen LogP contribution < -0.4 is 5.32 Å². The van der Waals surface area contributed by atoms with Crippen LogP contribution in [0, 0.1) is 0 Å². The molecule has 0 radical (unpaired) electrons. The predicted molar refractivity (Wildman–Crippen MR) is 71.2 cm³/mol. The lowest BCUT2D eigenvalue weighted by Gasteiger charge is -2.14. The molecule has 18 heavy (non-hydrogen) atoms. The number of hydrogen-bond acceptors (Lipinski definition) is 4. The monoisotopic (exact) mass is 314 g/mol. The Labute approximate surface area is 114 Å². The normalized spacial score (nSPS) is 10.4. The van der Waals surface area contributed by atoms with Gasteiger partial charge in [-0.2, -0.15) is 0 Å². The Bertz CT molecular complexity index is 437. The lowest BCUT2D eigenvalue weighted by atomic mass is 10.2. The predicted octanol–water partition coefficient (Wildman–Crippen LogP) is 0.630. The van der Waals surface area contributed by atoms with Crippen LogP contribution >= 0.6 is 15.9 Å². The molecule has 0 aliphatic rings. The molecule has 0 atom stereocenters. The number of carbonyl (C=O) groups is 2. The minimum Gasteiger partial charge on any atom is -0.395 e. The van der Waals surface area contributed by atoms with E-state index in [1.54, 1.807) is 36.2 Å². The van der Waals surface area contributed by atoms with Gasteiger partial charge in [0, 0.05) is 11.0 Å². The molecule has 0 unspecified atom stereocenters. The lowest BCUT2D eigenvalue weighted by molar-refractivity contribution is -0.121. The van der Waals surface area contributed by atoms with Crippen molar-refractivity contribution in [2.24, 2.45) is 0 Å². The summed E-state index contributed by atoms with van der Waals surface area (Å²) < 4.78 is 0.638. The Morgan fingerprint density at radius 1 is 1.39 bits per heavy atom. The molecule has 0 saturated carbocycles. The third-order valence-corrected chi connectivity index (χ3v) is 2.96. The van der Waals surface area contributed by atoms with Crippen molar-refractivity contribution in [2.75, 3.05) is 26.7 Å². The summed E-state index contributed by atoms with van der Waals surface area (Å²) in [7, 11) is 1.69. The average molecular weight is 315 g/mol. The van der Waals surface area contributed by atoms with Crippen molar-refractivity contribution in [3.63, 3.8) is 0 Å². The first-order chi connectivity index (χ1) is 8.54. The summed E-state index contributed by atoms with van der Waals surface area (Å²) in [6.45, 7) is 0.426. The van der Waals surface area contributed by atoms with Gasteiger partial charge in [0.15, 0.2) is 0 Å². The number of rotatable bonds is 5. The number of nitrogens with zero attached hydrogens (tertiary/aromatic N) is 1. The smallest absolute Gasteiger partial charge is 0.259 e. The van der Waals surface area contributed by atoms with E-state index in [0.717, 1.165) is 0 Å². The maximum absolute atomic E-state index is 11.8. The third kappa shape index (κ3) is 4.56. The summed E-state index contributed by atoms with van der Waals surface area (Å²) in [4.78, 5) is 25.0. The highest BCUT2D eigenvalue weighted by molar-refractivity contribution is 9.10. The zero-order valence-electron chi connectivity index (χ0n) is 10.0. The number of aliphatic hydroxyl groups is 1. The lowest BCUT2D eigenvalue weighted by Crippen LogP contribution is -2.39. The topological polar surface area (TPSA) is 69.6 Å². The molecule has 0 aliphatic carbocycles. The van der Waals surface area contributed by atoms with Crippen molar-refractivity contribution in [3.05, 3.63) is 34.3 Å². The van der Waals surface area contributed by atoms with Gasteiger partial charge in [-0.1, -0.05) is 12.1 Å². The Morgan fingerprint density at radius 2 is 2.06 bits per heavy atom. The van der Waals surface area contributed by atoms with Crippen LogP contribution in [0.4, 0.5) is 0 Å². The molecule has 2 amide bonds. The van der Waals surface area contributed by atoms with Crippen molar-refractivity contribution >= 4 is 27.7 Å². The zero-order chi connectivity index (χ0) is 13.5. The van der Waals surface area contributed by atoms with Crippen molar-refractivity contribution in [1.29, 1.82) is 0 Å². The summed E-state index contributed by atoms with van der Waals surface area (Å²) >= 11 is 3.25. The molecule has 0 aromatic heterocycles. The van der Waals surface area contributed by atoms with Crippen molar-refractivity contribution in [1.82, 2.24) is 10.2 Å². The maximum atomic E-state index is 11.8. The summed E-state index contributed by atoms with van der Waals surface area (Å²) in [6.07, 6.45) is 0. The molecule has 6 heteroatoms. The molecule has 1 aromatic rings. The number of likely N-dealkylation sites (N-methyl/N-ethyl adjacent to an activating group) is 1. The van der Waals surface area contributed by atoms with Crippen LogP contribution in [0.25, 0.3) is 0 Å². The van der Waals surface area contributed by atoms with E-state index < -0.39 is 11.8 Å². The molecule has 0 fully saturated rings. The number of aliphatic hydroxyl groups excluding tert-OH is 1. The molecule has 2 N–H and O–H groups in total. The fourth-order valence-electron chi connectivity index (χ4n) is 1.37. The Kier molecular flexibility index (Phi) is 5.97. The number of halogens is 1. The van der Waals surface area contributed by atoms with Crippen LogP contribution in [-0.4, -0.2) is 48.6 Å². The van der Waals surface area contributed by atoms with Gasteiger partial charge in [-0.05, 0) is 35.1 Å². The van der Waals surface area contributed by atoms with Crippen molar-refractivity contribution in [2.45, 2.75) is 0 Å². The molecule has 5 nitrogen and oxygen atoms in total. The molecule has 0 saturated heterocycles. The van der Waals surface area contributed by atoms with E-state index in [0.29, 0.717) is 16.6 Å². The molecule has 98 valence electrons. The number of imide groups is 1. The van der Waals surface area contributed by atoms with Crippen molar-refractivity contribution in [3.8, 4) is 0 Å². The van der Waals surface area contributed by atoms with E-state index in [9.17, 15) is 9.59 Å². The standard InChI is InChI=1S/C12H15BrN2O3/c1-15(6-7-16)8-11(17)14-12(18)9-4-2-3-5-10(9)13/h2-5,16H,6-8H2,1H3,(H,14,17,18). The molecular weight excluding hydrogens is 300 g/mol. The molecule has 1 aromatic carbocycles. The highest BCUT2D eigenvalue weighted by Crippen LogP contribution is 2.15. The summed E-state index contributed by atoms with van der Waals surface area (Å²) in [5.41, 5.74) is 0.413.